The molecule has 2 aromatic carbocycles. The van der Waals surface area contributed by atoms with Gasteiger partial charge in [0.25, 0.3) is 15.7 Å². The number of hydrogen-bond acceptors (Lipinski definition) is 8. The number of rotatable bonds is 8. The number of nitrogens with one attached hydrogen (secondary N) is 2. The molecular formula is C29H36N6O5S. The summed E-state index contributed by atoms with van der Waals surface area (Å²) in [6.45, 7) is 4.86. The Morgan fingerprint density at radius 2 is 1.83 bits per heavy atom. The lowest BCUT2D eigenvalue weighted by molar-refractivity contribution is -0.387. The van der Waals surface area contributed by atoms with E-state index in [1.165, 1.54) is 24.3 Å². The maximum Gasteiger partial charge on any atom is 0.289 e. The Balaban J connectivity index is 1.39. The van der Waals surface area contributed by atoms with Gasteiger partial charge in [0, 0.05) is 34.8 Å². The summed E-state index contributed by atoms with van der Waals surface area (Å²) in [6.07, 6.45) is 3.14. The lowest BCUT2D eigenvalue weighted by Gasteiger charge is -2.36. The Labute approximate surface area is 240 Å². The van der Waals surface area contributed by atoms with E-state index in [2.05, 4.69) is 21.6 Å². The first-order valence-electron chi connectivity index (χ1n) is 14.0. The standard InChI is InChI=1S/C29H36N6O5S/c1-20-17-26(21-9-13-30-14-10-21)32-25-8-7-22(18-24(20)25)31-29(36)19-34(23-11-15-33(2)16-12-23)41(39,40)28-6-4-3-5-27(28)35(37)38/h3-8,17-18,21,23,30H,9-16,19H2,1-2H3,(H,31,36). The van der Waals surface area contributed by atoms with E-state index < -0.39 is 44.0 Å². The Kier molecular flexibility index (Phi) is 8.64. The van der Waals surface area contributed by atoms with Gasteiger partial charge in [-0.25, -0.2) is 8.42 Å². The van der Waals surface area contributed by atoms with Gasteiger partial charge in [-0.15, -0.1) is 0 Å². The average Bonchev–Trinajstić information content (AvgIpc) is 2.97. The molecule has 0 atom stereocenters. The van der Waals surface area contributed by atoms with Gasteiger partial charge in [0.15, 0.2) is 4.90 Å². The summed E-state index contributed by atoms with van der Waals surface area (Å²) in [7, 11) is -2.39. The van der Waals surface area contributed by atoms with Crippen molar-refractivity contribution >= 4 is 38.2 Å². The molecule has 1 amide bonds. The number of likely N-dealkylation sites (tertiary alicyclic amines) is 1. The first kappa shape index (κ1) is 29.1. The van der Waals surface area contributed by atoms with Crippen molar-refractivity contribution in [1.82, 2.24) is 19.5 Å². The van der Waals surface area contributed by atoms with Gasteiger partial charge < -0.3 is 15.5 Å². The van der Waals surface area contributed by atoms with Crippen LogP contribution in [0, 0.1) is 17.0 Å². The first-order chi connectivity index (χ1) is 19.6. The monoisotopic (exact) mass is 580 g/mol. The van der Waals surface area contributed by atoms with Crippen LogP contribution in [0.2, 0.25) is 0 Å². The number of hydrogen-bond donors (Lipinski definition) is 2. The molecule has 0 unspecified atom stereocenters. The number of pyridine rings is 1. The highest BCUT2D eigenvalue weighted by molar-refractivity contribution is 7.89. The summed E-state index contributed by atoms with van der Waals surface area (Å²) in [5.41, 5.74) is 3.03. The van der Waals surface area contributed by atoms with E-state index in [1.54, 1.807) is 6.07 Å². The molecule has 1 aromatic heterocycles. The summed E-state index contributed by atoms with van der Waals surface area (Å²) < 4.78 is 28.8. The van der Waals surface area contributed by atoms with Gasteiger partial charge in [-0.1, -0.05) is 12.1 Å². The highest BCUT2D eigenvalue weighted by Crippen LogP contribution is 2.31. The fourth-order valence-corrected chi connectivity index (χ4v) is 7.61. The smallest absolute Gasteiger partial charge is 0.289 e. The Morgan fingerprint density at radius 3 is 2.54 bits per heavy atom. The van der Waals surface area contributed by atoms with Crippen LogP contribution < -0.4 is 10.6 Å². The number of nitrogens with zero attached hydrogens (tertiary/aromatic N) is 4. The minimum absolute atomic E-state index is 0.409. The van der Waals surface area contributed by atoms with E-state index in [1.807, 2.05) is 26.1 Å². The number of benzene rings is 2. The zero-order valence-electron chi connectivity index (χ0n) is 23.4. The molecule has 2 fully saturated rings. The normalized spacial score (nSPS) is 17.6. The van der Waals surface area contributed by atoms with Gasteiger partial charge in [-0.05, 0) is 102 Å². The minimum atomic E-state index is -4.34. The fraction of sp³-hybridized carbons (Fsp3) is 0.448. The second kappa shape index (κ2) is 12.2. The number of amides is 1. The Bertz CT molecular complexity index is 1550. The highest BCUT2D eigenvalue weighted by atomic mass is 32.2. The number of para-hydroxylation sites is 1. The number of nitro groups is 1. The van der Waals surface area contributed by atoms with Crippen LogP contribution in [-0.2, 0) is 14.8 Å². The largest absolute Gasteiger partial charge is 0.325 e. The van der Waals surface area contributed by atoms with E-state index in [0.717, 1.165) is 52.4 Å². The van der Waals surface area contributed by atoms with Crippen molar-refractivity contribution in [3.8, 4) is 0 Å². The Hall–Kier alpha value is -3.45. The maximum atomic E-state index is 13.8. The van der Waals surface area contributed by atoms with Gasteiger partial charge in [-0.3, -0.25) is 19.9 Å². The number of aromatic nitrogens is 1. The molecule has 2 saturated heterocycles. The number of anilines is 1. The molecule has 0 saturated carbocycles. The van der Waals surface area contributed by atoms with E-state index in [9.17, 15) is 23.3 Å². The van der Waals surface area contributed by atoms with Crippen molar-refractivity contribution in [3.05, 3.63) is 69.9 Å². The third kappa shape index (κ3) is 6.40. The molecule has 3 aromatic rings. The second-order valence-corrected chi connectivity index (χ2v) is 12.8. The highest BCUT2D eigenvalue weighted by Gasteiger charge is 2.38. The van der Waals surface area contributed by atoms with Gasteiger partial charge in [0.2, 0.25) is 5.91 Å². The van der Waals surface area contributed by atoms with Crippen LogP contribution in [0.1, 0.15) is 42.9 Å². The van der Waals surface area contributed by atoms with Crippen molar-refractivity contribution in [1.29, 1.82) is 0 Å². The first-order valence-corrected chi connectivity index (χ1v) is 15.4. The average molecular weight is 581 g/mol. The number of sulfonamides is 1. The van der Waals surface area contributed by atoms with Crippen molar-refractivity contribution in [2.75, 3.05) is 45.1 Å². The summed E-state index contributed by atoms with van der Waals surface area (Å²) in [5.74, 6) is -0.0888. The quantitative estimate of drug-likeness (QED) is 0.304. The van der Waals surface area contributed by atoms with Crippen LogP contribution in [0.3, 0.4) is 0 Å². The Morgan fingerprint density at radius 1 is 1.12 bits per heavy atom. The van der Waals surface area contributed by atoms with Crippen LogP contribution in [0.25, 0.3) is 10.9 Å². The number of carbonyl (C=O) groups is 1. The number of fused-ring (bicyclic) bond motifs is 1. The summed E-state index contributed by atoms with van der Waals surface area (Å²) >= 11 is 0. The van der Waals surface area contributed by atoms with Gasteiger partial charge in [-0.2, -0.15) is 4.31 Å². The van der Waals surface area contributed by atoms with Crippen molar-refractivity contribution in [2.45, 2.75) is 49.5 Å². The third-order valence-electron chi connectivity index (χ3n) is 8.12. The maximum absolute atomic E-state index is 13.8. The number of piperidine rings is 2. The lowest BCUT2D eigenvalue weighted by Crippen LogP contribution is -2.49. The number of nitro benzene ring substituents is 1. The molecule has 41 heavy (non-hydrogen) atoms. The topological polar surface area (TPSA) is 138 Å². The lowest BCUT2D eigenvalue weighted by atomic mass is 9.92. The summed E-state index contributed by atoms with van der Waals surface area (Å²) in [4.78, 5) is 30.8. The van der Waals surface area contributed by atoms with Crippen LogP contribution in [0.4, 0.5) is 11.4 Å². The van der Waals surface area contributed by atoms with E-state index in [0.29, 0.717) is 37.5 Å². The summed E-state index contributed by atoms with van der Waals surface area (Å²) in [5, 5.41) is 18.8. The predicted octanol–water partition coefficient (Wildman–Crippen LogP) is 3.64. The molecule has 0 aliphatic carbocycles. The van der Waals surface area contributed by atoms with Gasteiger partial charge in [0.1, 0.15) is 0 Å². The zero-order chi connectivity index (χ0) is 29.1. The van der Waals surface area contributed by atoms with Crippen molar-refractivity contribution in [2.24, 2.45) is 0 Å². The molecule has 3 heterocycles. The van der Waals surface area contributed by atoms with Crippen LogP contribution in [0.15, 0.2) is 53.4 Å². The van der Waals surface area contributed by atoms with E-state index in [4.69, 9.17) is 4.98 Å². The van der Waals surface area contributed by atoms with Crippen LogP contribution in [-0.4, -0.2) is 79.3 Å². The van der Waals surface area contributed by atoms with Crippen LogP contribution in [0.5, 0.6) is 0 Å². The predicted molar refractivity (Wildman–Crippen MR) is 157 cm³/mol. The number of carbonyl (C=O) groups excluding carboxylic acids is 1. The molecule has 0 radical (unpaired) electrons. The molecule has 2 N–H and O–H groups in total. The van der Waals surface area contributed by atoms with Gasteiger partial charge in [0.05, 0.1) is 17.0 Å². The second-order valence-electron chi connectivity index (χ2n) is 11.0. The third-order valence-corrected chi connectivity index (χ3v) is 10.1. The zero-order valence-corrected chi connectivity index (χ0v) is 24.2. The van der Waals surface area contributed by atoms with E-state index >= 15 is 0 Å². The SMILES string of the molecule is Cc1cc(C2CCNCC2)nc2ccc(NC(=O)CN(C3CCN(C)CC3)S(=O)(=O)c3ccccc3[N+](=O)[O-])cc12. The molecule has 5 rings (SSSR count). The molecule has 2 aliphatic heterocycles. The number of aryl methyl sites for hydroxylation is 1. The van der Waals surface area contributed by atoms with Crippen molar-refractivity contribution < 1.29 is 18.1 Å². The fourth-order valence-electron chi connectivity index (χ4n) is 5.81. The minimum Gasteiger partial charge on any atom is -0.325 e. The molecule has 11 nitrogen and oxygen atoms in total. The van der Waals surface area contributed by atoms with Crippen LogP contribution >= 0.6 is 0 Å². The molecule has 12 heteroatoms. The molecule has 2 aliphatic rings. The van der Waals surface area contributed by atoms with E-state index in [-0.39, 0.29) is 0 Å². The molecule has 0 spiro atoms. The molecular weight excluding hydrogens is 544 g/mol. The molecule has 218 valence electrons. The van der Waals surface area contributed by atoms with Crippen molar-refractivity contribution in [3.63, 3.8) is 0 Å². The van der Waals surface area contributed by atoms with Gasteiger partial charge >= 0.3 is 0 Å². The summed E-state index contributed by atoms with van der Waals surface area (Å²) in [6, 6.07) is 12.4. The molecule has 0 bridgehead atoms.